The molecule has 0 radical (unpaired) electrons. The molecule has 0 amide bonds. The average Bonchev–Trinajstić information content (AvgIpc) is 2.78. The van der Waals surface area contributed by atoms with Gasteiger partial charge in [-0.2, -0.15) is 0 Å². The molecule has 1 aromatic heterocycles. The molecule has 1 aromatic carbocycles. The van der Waals surface area contributed by atoms with Crippen LogP contribution in [0.15, 0.2) is 47.1 Å². The summed E-state index contributed by atoms with van der Waals surface area (Å²) in [5, 5.41) is 3.16. The van der Waals surface area contributed by atoms with Gasteiger partial charge in [0.15, 0.2) is 0 Å². The molecule has 2 aromatic rings. The Hall–Kier alpha value is -1.61. The highest BCUT2D eigenvalue weighted by atomic mass is 19.1. The lowest BCUT2D eigenvalue weighted by atomic mass is 10.0. The van der Waals surface area contributed by atoms with Gasteiger partial charge in [0.05, 0.1) is 6.26 Å². The van der Waals surface area contributed by atoms with Crippen molar-refractivity contribution < 1.29 is 8.81 Å². The van der Waals surface area contributed by atoms with Gasteiger partial charge in [0.2, 0.25) is 0 Å². The van der Waals surface area contributed by atoms with Gasteiger partial charge in [-0.3, -0.25) is 0 Å². The highest BCUT2D eigenvalue weighted by Crippen LogP contribution is 2.19. The SMILES string of the molecule is CNC(Cc1ccco1)c1cccc(F)c1. The maximum Gasteiger partial charge on any atom is 0.123 e. The van der Waals surface area contributed by atoms with Crippen molar-refractivity contribution in [3.05, 3.63) is 59.8 Å². The average molecular weight is 219 g/mol. The van der Waals surface area contributed by atoms with Gasteiger partial charge in [0.1, 0.15) is 11.6 Å². The van der Waals surface area contributed by atoms with Crippen molar-refractivity contribution in [2.24, 2.45) is 0 Å². The third-order valence-electron chi connectivity index (χ3n) is 2.58. The van der Waals surface area contributed by atoms with E-state index in [-0.39, 0.29) is 11.9 Å². The van der Waals surface area contributed by atoms with Crippen molar-refractivity contribution in [2.45, 2.75) is 12.5 Å². The van der Waals surface area contributed by atoms with Gasteiger partial charge < -0.3 is 9.73 Å². The number of hydrogen-bond donors (Lipinski definition) is 1. The van der Waals surface area contributed by atoms with E-state index in [0.717, 1.165) is 11.3 Å². The first-order valence-corrected chi connectivity index (χ1v) is 5.24. The lowest BCUT2D eigenvalue weighted by Gasteiger charge is -2.15. The van der Waals surface area contributed by atoms with Gasteiger partial charge in [-0.25, -0.2) is 4.39 Å². The van der Waals surface area contributed by atoms with Crippen LogP contribution in [0, 0.1) is 5.82 Å². The molecule has 16 heavy (non-hydrogen) atoms. The van der Waals surface area contributed by atoms with Crippen LogP contribution in [-0.4, -0.2) is 7.05 Å². The fraction of sp³-hybridized carbons (Fsp3) is 0.231. The summed E-state index contributed by atoms with van der Waals surface area (Å²) >= 11 is 0. The summed E-state index contributed by atoms with van der Waals surface area (Å²) in [6.07, 6.45) is 2.36. The van der Waals surface area contributed by atoms with Crippen molar-refractivity contribution in [3.8, 4) is 0 Å². The fourth-order valence-corrected chi connectivity index (χ4v) is 1.74. The molecule has 0 spiro atoms. The van der Waals surface area contributed by atoms with Gasteiger partial charge in [0.25, 0.3) is 0 Å². The Kier molecular flexibility index (Phi) is 3.37. The molecular formula is C13H14FNO. The Morgan fingerprint density at radius 2 is 2.19 bits per heavy atom. The van der Waals surface area contributed by atoms with Crippen LogP contribution in [-0.2, 0) is 6.42 Å². The summed E-state index contributed by atoms with van der Waals surface area (Å²) in [6, 6.07) is 10.5. The molecule has 2 rings (SSSR count). The van der Waals surface area contributed by atoms with Crippen LogP contribution >= 0.6 is 0 Å². The van der Waals surface area contributed by atoms with E-state index in [1.54, 1.807) is 18.4 Å². The zero-order valence-electron chi connectivity index (χ0n) is 9.11. The molecule has 3 heteroatoms. The quantitative estimate of drug-likeness (QED) is 0.855. The van der Waals surface area contributed by atoms with E-state index in [1.807, 2.05) is 25.2 Å². The minimum Gasteiger partial charge on any atom is -0.469 e. The van der Waals surface area contributed by atoms with Crippen LogP contribution < -0.4 is 5.32 Å². The summed E-state index contributed by atoms with van der Waals surface area (Å²) in [5.41, 5.74) is 0.930. The van der Waals surface area contributed by atoms with Gasteiger partial charge in [-0.15, -0.1) is 0 Å². The third kappa shape index (κ3) is 2.49. The van der Waals surface area contributed by atoms with E-state index in [0.29, 0.717) is 6.42 Å². The standard InChI is InChI=1S/C13H14FNO/c1-15-13(9-12-6-3-7-16-12)10-4-2-5-11(14)8-10/h2-8,13,15H,9H2,1H3. The molecule has 0 aliphatic rings. The molecule has 0 saturated heterocycles. The van der Waals surface area contributed by atoms with Crippen LogP contribution in [0.4, 0.5) is 4.39 Å². The van der Waals surface area contributed by atoms with E-state index in [1.165, 1.54) is 6.07 Å². The first kappa shape index (κ1) is 10.9. The Bertz CT molecular complexity index is 439. The normalized spacial score (nSPS) is 12.6. The highest BCUT2D eigenvalue weighted by molar-refractivity contribution is 5.21. The number of benzene rings is 1. The van der Waals surface area contributed by atoms with Gasteiger partial charge in [-0.1, -0.05) is 12.1 Å². The summed E-state index contributed by atoms with van der Waals surface area (Å²) in [5.74, 6) is 0.681. The summed E-state index contributed by atoms with van der Waals surface area (Å²) in [6.45, 7) is 0. The molecule has 0 fully saturated rings. The maximum absolute atomic E-state index is 13.1. The highest BCUT2D eigenvalue weighted by Gasteiger charge is 2.11. The zero-order valence-corrected chi connectivity index (χ0v) is 9.11. The first-order valence-electron chi connectivity index (χ1n) is 5.24. The Morgan fingerprint density at radius 3 is 2.81 bits per heavy atom. The fourth-order valence-electron chi connectivity index (χ4n) is 1.74. The molecule has 0 saturated carbocycles. The molecule has 1 heterocycles. The van der Waals surface area contributed by atoms with Crippen molar-refractivity contribution in [3.63, 3.8) is 0 Å². The Morgan fingerprint density at radius 1 is 1.31 bits per heavy atom. The predicted molar refractivity (Wildman–Crippen MR) is 60.6 cm³/mol. The third-order valence-corrected chi connectivity index (χ3v) is 2.58. The second-order valence-electron chi connectivity index (χ2n) is 3.68. The number of rotatable bonds is 4. The molecule has 0 aliphatic heterocycles. The lowest BCUT2D eigenvalue weighted by molar-refractivity contribution is 0.465. The number of halogens is 1. The van der Waals surface area contributed by atoms with E-state index in [2.05, 4.69) is 5.32 Å². The smallest absolute Gasteiger partial charge is 0.123 e. The van der Waals surface area contributed by atoms with E-state index in [4.69, 9.17) is 4.42 Å². The van der Waals surface area contributed by atoms with Crippen molar-refractivity contribution in [2.75, 3.05) is 7.05 Å². The minimum atomic E-state index is -0.211. The molecule has 84 valence electrons. The summed E-state index contributed by atoms with van der Waals surface area (Å²) < 4.78 is 18.4. The van der Waals surface area contributed by atoms with Crippen LogP contribution in [0.5, 0.6) is 0 Å². The van der Waals surface area contributed by atoms with Crippen molar-refractivity contribution >= 4 is 0 Å². The Balaban J connectivity index is 2.16. The molecule has 1 atom stereocenters. The maximum atomic E-state index is 13.1. The van der Waals surface area contributed by atoms with Crippen LogP contribution in [0.2, 0.25) is 0 Å². The summed E-state index contributed by atoms with van der Waals surface area (Å²) in [4.78, 5) is 0. The largest absolute Gasteiger partial charge is 0.469 e. The van der Waals surface area contributed by atoms with Gasteiger partial charge in [0, 0.05) is 12.5 Å². The van der Waals surface area contributed by atoms with Crippen molar-refractivity contribution in [1.29, 1.82) is 0 Å². The number of furan rings is 1. The van der Waals surface area contributed by atoms with E-state index in [9.17, 15) is 4.39 Å². The topological polar surface area (TPSA) is 25.2 Å². The first-order chi connectivity index (χ1) is 7.79. The molecule has 1 unspecified atom stereocenters. The van der Waals surface area contributed by atoms with Crippen LogP contribution in [0.1, 0.15) is 17.4 Å². The molecule has 0 aliphatic carbocycles. The number of hydrogen-bond acceptors (Lipinski definition) is 2. The van der Waals surface area contributed by atoms with E-state index < -0.39 is 0 Å². The minimum absolute atomic E-state index is 0.0712. The number of nitrogens with one attached hydrogen (secondary N) is 1. The lowest BCUT2D eigenvalue weighted by Crippen LogP contribution is -2.18. The molecule has 1 N–H and O–H groups in total. The predicted octanol–water partition coefficient (Wildman–Crippen LogP) is 2.92. The van der Waals surface area contributed by atoms with Crippen LogP contribution in [0.3, 0.4) is 0 Å². The second-order valence-corrected chi connectivity index (χ2v) is 3.68. The van der Waals surface area contributed by atoms with Crippen molar-refractivity contribution in [1.82, 2.24) is 5.32 Å². The van der Waals surface area contributed by atoms with Gasteiger partial charge >= 0.3 is 0 Å². The second kappa shape index (κ2) is 4.94. The number of likely N-dealkylation sites (N-methyl/N-ethyl adjacent to an activating group) is 1. The van der Waals surface area contributed by atoms with E-state index >= 15 is 0 Å². The molecule has 2 nitrogen and oxygen atoms in total. The van der Waals surface area contributed by atoms with Gasteiger partial charge in [-0.05, 0) is 36.9 Å². The molecular weight excluding hydrogens is 205 g/mol. The Labute approximate surface area is 94.1 Å². The van der Waals surface area contributed by atoms with Crippen LogP contribution in [0.25, 0.3) is 0 Å². The summed E-state index contributed by atoms with van der Waals surface area (Å²) in [7, 11) is 1.86. The monoisotopic (exact) mass is 219 g/mol. The molecule has 0 bridgehead atoms. The zero-order chi connectivity index (χ0) is 11.4.